The summed E-state index contributed by atoms with van der Waals surface area (Å²) in [5.41, 5.74) is 0.904. The lowest BCUT2D eigenvalue weighted by Crippen LogP contribution is -2.27. The number of sulfonamides is 1. The van der Waals surface area contributed by atoms with Gasteiger partial charge >= 0.3 is 0 Å². The van der Waals surface area contributed by atoms with Crippen molar-refractivity contribution in [2.75, 3.05) is 10.0 Å². The van der Waals surface area contributed by atoms with Crippen molar-refractivity contribution in [3.63, 3.8) is 0 Å². The second-order valence-electron chi connectivity index (χ2n) is 7.82. The highest BCUT2D eigenvalue weighted by molar-refractivity contribution is 7.92. The van der Waals surface area contributed by atoms with Gasteiger partial charge in [0.2, 0.25) is 11.8 Å². The Labute approximate surface area is 169 Å². The van der Waals surface area contributed by atoms with Crippen LogP contribution in [0.4, 0.5) is 11.4 Å². The predicted molar refractivity (Wildman–Crippen MR) is 114 cm³/mol. The van der Waals surface area contributed by atoms with Crippen molar-refractivity contribution in [1.29, 1.82) is 0 Å². The van der Waals surface area contributed by atoms with Gasteiger partial charge < -0.3 is 5.32 Å². The van der Waals surface area contributed by atoms with Crippen LogP contribution >= 0.6 is 0 Å². The summed E-state index contributed by atoms with van der Waals surface area (Å²) < 4.78 is 29.6. The highest BCUT2D eigenvalue weighted by Gasteiger charge is 2.21. The maximum atomic E-state index is 12.8. The number of carbonyl (C=O) groups excluding carboxylic acids is 2. The number of aromatic nitrogens is 1. The van der Waals surface area contributed by atoms with Gasteiger partial charge in [-0.05, 0) is 42.5 Å². The van der Waals surface area contributed by atoms with Crippen molar-refractivity contribution in [3.05, 3.63) is 54.7 Å². The Morgan fingerprint density at radius 3 is 2.31 bits per heavy atom. The van der Waals surface area contributed by atoms with Crippen LogP contribution in [-0.4, -0.2) is 24.8 Å². The zero-order chi connectivity index (χ0) is 21.4. The van der Waals surface area contributed by atoms with Crippen molar-refractivity contribution in [3.8, 4) is 0 Å². The van der Waals surface area contributed by atoms with Gasteiger partial charge in [0.1, 0.15) is 0 Å². The Bertz CT molecular complexity index is 1200. The lowest BCUT2D eigenvalue weighted by atomic mass is 9.95. The summed E-state index contributed by atoms with van der Waals surface area (Å²) in [5, 5.41) is 3.42. The quantitative estimate of drug-likeness (QED) is 0.673. The molecule has 3 aromatic rings. The standard InChI is InChI=1S/C21H23N3O4S/c1-14(25)24-11-10-15-12-18(8-9-19(15)24)29(27,28)23-17-7-5-6-16(13-17)22-20(26)21(2,3)4/h5-13,23H,1-4H3,(H,22,26). The molecule has 0 aliphatic rings. The summed E-state index contributed by atoms with van der Waals surface area (Å²) in [4.78, 5) is 23.8. The van der Waals surface area contributed by atoms with E-state index >= 15 is 0 Å². The molecular formula is C21H23N3O4S. The first kappa shape index (κ1) is 20.6. The molecule has 2 N–H and O–H groups in total. The van der Waals surface area contributed by atoms with Gasteiger partial charge in [-0.2, -0.15) is 0 Å². The Balaban J connectivity index is 1.86. The van der Waals surface area contributed by atoms with Crippen molar-refractivity contribution in [2.24, 2.45) is 5.41 Å². The van der Waals surface area contributed by atoms with Gasteiger partial charge in [0.15, 0.2) is 0 Å². The molecule has 3 rings (SSSR count). The molecule has 0 atom stereocenters. The van der Waals surface area contributed by atoms with Crippen molar-refractivity contribution in [2.45, 2.75) is 32.6 Å². The molecule has 0 spiro atoms. The largest absolute Gasteiger partial charge is 0.326 e. The predicted octanol–water partition coefficient (Wildman–Crippen LogP) is 4.09. The third-order valence-electron chi connectivity index (χ3n) is 4.37. The number of nitrogens with zero attached hydrogens (tertiary/aromatic N) is 1. The van der Waals surface area contributed by atoms with E-state index in [1.165, 1.54) is 23.6 Å². The zero-order valence-corrected chi connectivity index (χ0v) is 17.5. The van der Waals surface area contributed by atoms with Gasteiger partial charge in [-0.3, -0.25) is 18.9 Å². The number of carbonyl (C=O) groups is 2. The maximum absolute atomic E-state index is 12.8. The third kappa shape index (κ3) is 4.48. The molecule has 0 radical (unpaired) electrons. The van der Waals surface area contributed by atoms with Crippen LogP contribution in [0.15, 0.2) is 59.6 Å². The summed E-state index contributed by atoms with van der Waals surface area (Å²) in [7, 11) is -3.85. The molecule has 1 heterocycles. The molecule has 0 saturated heterocycles. The van der Waals surface area contributed by atoms with Crippen LogP contribution in [0, 0.1) is 5.41 Å². The van der Waals surface area contributed by atoms with Crippen LogP contribution in [0.25, 0.3) is 10.9 Å². The number of amides is 1. The maximum Gasteiger partial charge on any atom is 0.261 e. The van der Waals surface area contributed by atoms with Gasteiger partial charge in [0, 0.05) is 29.6 Å². The summed E-state index contributed by atoms with van der Waals surface area (Å²) >= 11 is 0. The zero-order valence-electron chi connectivity index (χ0n) is 16.7. The number of hydrogen-bond acceptors (Lipinski definition) is 4. The Morgan fingerprint density at radius 2 is 1.66 bits per heavy atom. The number of hydrogen-bond donors (Lipinski definition) is 2. The van der Waals surface area contributed by atoms with Crippen molar-refractivity contribution in [1.82, 2.24) is 4.57 Å². The summed E-state index contributed by atoms with van der Waals surface area (Å²) in [6, 6.07) is 12.8. The van der Waals surface area contributed by atoms with Crippen LogP contribution in [0.3, 0.4) is 0 Å². The van der Waals surface area contributed by atoms with E-state index < -0.39 is 15.4 Å². The van der Waals surface area contributed by atoms with E-state index in [0.717, 1.165) is 0 Å². The number of fused-ring (bicyclic) bond motifs is 1. The minimum atomic E-state index is -3.85. The SMILES string of the molecule is CC(=O)n1ccc2cc(S(=O)(=O)Nc3cccc(NC(=O)C(C)(C)C)c3)ccc21. The minimum absolute atomic E-state index is 0.0791. The Kier molecular flexibility index (Phi) is 5.23. The fourth-order valence-electron chi connectivity index (χ4n) is 2.76. The van der Waals surface area contributed by atoms with E-state index in [0.29, 0.717) is 22.3 Å². The lowest BCUT2D eigenvalue weighted by Gasteiger charge is -2.18. The number of anilines is 2. The molecule has 0 unspecified atom stereocenters. The fraction of sp³-hybridized carbons (Fsp3) is 0.238. The van der Waals surface area contributed by atoms with E-state index in [1.807, 2.05) is 0 Å². The Morgan fingerprint density at radius 1 is 0.966 bits per heavy atom. The fourth-order valence-corrected chi connectivity index (χ4v) is 3.84. The van der Waals surface area contributed by atoms with Crippen LogP contribution in [0.1, 0.15) is 32.5 Å². The molecule has 0 aliphatic heterocycles. The molecule has 7 nitrogen and oxygen atoms in total. The molecular weight excluding hydrogens is 390 g/mol. The monoisotopic (exact) mass is 413 g/mol. The first-order valence-corrected chi connectivity index (χ1v) is 10.5. The summed E-state index contributed by atoms with van der Waals surface area (Å²) in [5.74, 6) is -0.319. The molecule has 1 amide bonds. The molecule has 0 aliphatic carbocycles. The summed E-state index contributed by atoms with van der Waals surface area (Å²) in [6.45, 7) is 6.83. The first-order chi connectivity index (χ1) is 13.5. The smallest absolute Gasteiger partial charge is 0.261 e. The van der Waals surface area contributed by atoms with E-state index in [9.17, 15) is 18.0 Å². The molecule has 0 fully saturated rings. The minimum Gasteiger partial charge on any atom is -0.326 e. The molecule has 8 heteroatoms. The van der Waals surface area contributed by atoms with Crippen molar-refractivity contribution < 1.29 is 18.0 Å². The van der Waals surface area contributed by atoms with Gasteiger partial charge in [0.05, 0.1) is 16.1 Å². The Hall–Kier alpha value is -3.13. The topological polar surface area (TPSA) is 97.3 Å². The molecule has 0 saturated carbocycles. The molecule has 29 heavy (non-hydrogen) atoms. The van der Waals surface area contributed by atoms with E-state index in [4.69, 9.17) is 0 Å². The van der Waals surface area contributed by atoms with Crippen LogP contribution < -0.4 is 10.0 Å². The highest BCUT2D eigenvalue weighted by Crippen LogP contribution is 2.24. The second-order valence-corrected chi connectivity index (χ2v) is 9.50. The molecule has 1 aromatic heterocycles. The number of benzene rings is 2. The third-order valence-corrected chi connectivity index (χ3v) is 5.74. The van der Waals surface area contributed by atoms with E-state index in [1.54, 1.807) is 63.4 Å². The van der Waals surface area contributed by atoms with E-state index in [2.05, 4.69) is 10.0 Å². The molecule has 0 bridgehead atoms. The molecule has 152 valence electrons. The van der Waals surface area contributed by atoms with Gasteiger partial charge in [-0.15, -0.1) is 0 Å². The van der Waals surface area contributed by atoms with Crippen LogP contribution in [0.5, 0.6) is 0 Å². The van der Waals surface area contributed by atoms with E-state index in [-0.39, 0.29) is 16.7 Å². The number of nitrogens with one attached hydrogen (secondary N) is 2. The molecule has 2 aromatic carbocycles. The highest BCUT2D eigenvalue weighted by atomic mass is 32.2. The number of rotatable bonds is 4. The average molecular weight is 413 g/mol. The van der Waals surface area contributed by atoms with Gasteiger partial charge in [0.25, 0.3) is 10.0 Å². The summed E-state index contributed by atoms with van der Waals surface area (Å²) in [6.07, 6.45) is 1.61. The van der Waals surface area contributed by atoms with Crippen molar-refractivity contribution >= 4 is 44.1 Å². The second kappa shape index (κ2) is 7.36. The van der Waals surface area contributed by atoms with Crippen LogP contribution in [0.2, 0.25) is 0 Å². The average Bonchev–Trinajstić information content (AvgIpc) is 3.04. The van der Waals surface area contributed by atoms with Gasteiger partial charge in [-0.25, -0.2) is 8.42 Å². The van der Waals surface area contributed by atoms with Gasteiger partial charge in [-0.1, -0.05) is 26.8 Å². The van der Waals surface area contributed by atoms with Crippen LogP contribution in [-0.2, 0) is 14.8 Å². The normalized spacial score (nSPS) is 12.0. The lowest BCUT2D eigenvalue weighted by molar-refractivity contribution is -0.123. The first-order valence-electron chi connectivity index (χ1n) is 9.04.